The molecule has 0 radical (unpaired) electrons. The molecule has 10 heteroatoms. The molecule has 1 aromatic carbocycles. The van der Waals surface area contributed by atoms with Crippen molar-refractivity contribution in [2.75, 3.05) is 13.1 Å². The summed E-state index contributed by atoms with van der Waals surface area (Å²) in [6.45, 7) is 7.83. The number of fused-ring (bicyclic) bond motifs is 1. The van der Waals surface area contributed by atoms with Crippen LogP contribution in [0.2, 0.25) is 0 Å². The summed E-state index contributed by atoms with van der Waals surface area (Å²) < 4.78 is 3.03. The molecule has 0 spiro atoms. The van der Waals surface area contributed by atoms with E-state index in [2.05, 4.69) is 51.9 Å². The Kier molecular flexibility index (Phi) is 7.25. The third-order valence-corrected chi connectivity index (χ3v) is 8.18. The Morgan fingerprint density at radius 1 is 1.33 bits per heavy atom. The number of nitrogens with one attached hydrogen (secondary N) is 2. The molecule has 33 heavy (non-hydrogen) atoms. The summed E-state index contributed by atoms with van der Waals surface area (Å²) >= 11 is 5.18. The second-order valence-corrected chi connectivity index (χ2v) is 10.6. The van der Waals surface area contributed by atoms with Crippen LogP contribution in [0.25, 0.3) is 11.2 Å². The minimum atomic E-state index is -0.934. The molecule has 3 heterocycles. The van der Waals surface area contributed by atoms with E-state index in [4.69, 9.17) is 10.4 Å². The lowest BCUT2D eigenvalue weighted by Crippen LogP contribution is -2.43. The van der Waals surface area contributed by atoms with Gasteiger partial charge in [-0.3, -0.25) is 10.2 Å². The molecule has 2 aromatic heterocycles. The summed E-state index contributed by atoms with van der Waals surface area (Å²) in [7, 11) is 0. The maximum absolute atomic E-state index is 12.0. The van der Waals surface area contributed by atoms with Crippen molar-refractivity contribution in [3.8, 4) is 0 Å². The number of likely N-dealkylation sites (tertiary alicyclic amines) is 1. The van der Waals surface area contributed by atoms with Crippen LogP contribution in [0.3, 0.4) is 0 Å². The standard InChI is InChI=1S/C23H29BrN6O2S/c1-13-10-17(24)18(11-14(13)2)33-23-27-19-20(25)26-12-30(21(19)28-23)9-6-16-4-7-29(8-5-16)22(32)15(3)31/h10-12,15-16,25,31H,4-9H2,1-3H3,(H,27,28)/t15-/m0/s1. The zero-order valence-electron chi connectivity index (χ0n) is 19.1. The van der Waals surface area contributed by atoms with Gasteiger partial charge in [-0.15, -0.1) is 0 Å². The number of amides is 1. The van der Waals surface area contributed by atoms with Gasteiger partial charge in [-0.2, -0.15) is 0 Å². The van der Waals surface area contributed by atoms with Crippen molar-refractivity contribution >= 4 is 44.8 Å². The molecule has 4 rings (SSSR count). The number of nitrogens with zero attached hydrogens (tertiary/aromatic N) is 4. The van der Waals surface area contributed by atoms with Crippen molar-refractivity contribution in [2.45, 2.75) is 62.7 Å². The molecule has 0 unspecified atom stereocenters. The number of carbonyl (C=O) groups is 1. The average molecular weight is 533 g/mol. The van der Waals surface area contributed by atoms with Crippen LogP contribution in [0.1, 0.15) is 37.3 Å². The highest BCUT2D eigenvalue weighted by atomic mass is 79.9. The second-order valence-electron chi connectivity index (χ2n) is 8.73. The summed E-state index contributed by atoms with van der Waals surface area (Å²) in [5.74, 6) is 0.317. The summed E-state index contributed by atoms with van der Waals surface area (Å²) in [4.78, 5) is 27.1. The fraction of sp³-hybridized carbons (Fsp3) is 0.478. The number of aliphatic hydroxyl groups is 1. The molecule has 1 aliphatic heterocycles. The largest absolute Gasteiger partial charge is 0.384 e. The quantitative estimate of drug-likeness (QED) is 0.447. The molecular formula is C23H29BrN6O2S. The molecule has 176 valence electrons. The zero-order valence-corrected chi connectivity index (χ0v) is 21.5. The van der Waals surface area contributed by atoms with Gasteiger partial charge in [0.05, 0.1) is 6.33 Å². The molecule has 1 fully saturated rings. The van der Waals surface area contributed by atoms with E-state index in [0.29, 0.717) is 24.5 Å². The first-order valence-electron chi connectivity index (χ1n) is 11.1. The summed E-state index contributed by atoms with van der Waals surface area (Å²) in [6, 6.07) is 4.25. The molecule has 1 atom stereocenters. The molecule has 3 aromatic rings. The predicted molar refractivity (Wildman–Crippen MR) is 131 cm³/mol. The summed E-state index contributed by atoms with van der Waals surface area (Å²) in [5, 5.41) is 18.5. The molecule has 1 aliphatic rings. The monoisotopic (exact) mass is 532 g/mol. The number of aromatic nitrogens is 4. The van der Waals surface area contributed by atoms with E-state index in [1.54, 1.807) is 11.2 Å². The minimum absolute atomic E-state index is 0.184. The van der Waals surface area contributed by atoms with Crippen LogP contribution >= 0.6 is 27.7 Å². The summed E-state index contributed by atoms with van der Waals surface area (Å²) in [6.07, 6.45) is 3.56. The number of carbonyl (C=O) groups excluding carboxylic acids is 1. The molecule has 1 saturated heterocycles. The van der Waals surface area contributed by atoms with E-state index in [-0.39, 0.29) is 11.4 Å². The third-order valence-electron chi connectivity index (χ3n) is 6.31. The number of imidazole rings is 1. The highest BCUT2D eigenvalue weighted by Gasteiger charge is 2.25. The SMILES string of the molecule is Cc1cc(Br)c(Sc2nc3c([nH]2)c(=N)ncn3CCC2CCN(C(=O)[C@H](C)O)CC2)cc1C. The second kappa shape index (κ2) is 9.99. The fourth-order valence-electron chi connectivity index (χ4n) is 4.14. The highest BCUT2D eigenvalue weighted by Crippen LogP contribution is 2.34. The van der Waals surface area contributed by atoms with E-state index in [1.165, 1.54) is 29.8 Å². The number of halogens is 1. The van der Waals surface area contributed by atoms with E-state index in [0.717, 1.165) is 46.0 Å². The lowest BCUT2D eigenvalue weighted by atomic mass is 9.93. The Hall–Kier alpha value is -2.17. The van der Waals surface area contributed by atoms with Crippen molar-refractivity contribution in [1.82, 2.24) is 24.4 Å². The van der Waals surface area contributed by atoms with Crippen molar-refractivity contribution in [2.24, 2.45) is 5.92 Å². The lowest BCUT2D eigenvalue weighted by Gasteiger charge is -2.32. The van der Waals surface area contributed by atoms with Crippen LogP contribution in [-0.2, 0) is 11.3 Å². The Morgan fingerprint density at radius 2 is 2.03 bits per heavy atom. The van der Waals surface area contributed by atoms with Gasteiger partial charge in [0.25, 0.3) is 5.91 Å². The van der Waals surface area contributed by atoms with Gasteiger partial charge in [0.2, 0.25) is 0 Å². The number of piperidine rings is 1. The number of aliphatic hydroxyl groups excluding tert-OH is 1. The fourth-order valence-corrected chi connectivity index (χ4v) is 5.73. The van der Waals surface area contributed by atoms with Crippen LogP contribution in [0, 0.1) is 25.2 Å². The number of hydrogen-bond donors (Lipinski definition) is 3. The number of H-pyrrole nitrogens is 1. The third kappa shape index (κ3) is 5.33. The van der Waals surface area contributed by atoms with Gasteiger partial charge >= 0.3 is 0 Å². The normalized spacial score (nSPS) is 15.8. The Labute approximate surface area is 205 Å². The van der Waals surface area contributed by atoms with Gasteiger partial charge in [0, 0.05) is 29.0 Å². The topological polar surface area (TPSA) is 111 Å². The van der Waals surface area contributed by atoms with Crippen LogP contribution in [0.4, 0.5) is 0 Å². The molecule has 0 saturated carbocycles. The molecule has 8 nitrogen and oxygen atoms in total. The van der Waals surface area contributed by atoms with E-state index in [1.807, 2.05) is 4.57 Å². The van der Waals surface area contributed by atoms with Gasteiger partial charge in [-0.05, 0) is 85.1 Å². The number of aromatic amines is 1. The van der Waals surface area contributed by atoms with Gasteiger partial charge in [0.1, 0.15) is 11.6 Å². The smallest absolute Gasteiger partial charge is 0.251 e. The first kappa shape index (κ1) is 24.0. The number of hydrogen-bond acceptors (Lipinski definition) is 6. The first-order valence-corrected chi connectivity index (χ1v) is 12.7. The maximum atomic E-state index is 12.0. The van der Waals surface area contributed by atoms with Gasteiger partial charge < -0.3 is 19.6 Å². The van der Waals surface area contributed by atoms with E-state index >= 15 is 0 Å². The van der Waals surface area contributed by atoms with Crippen LogP contribution in [0.5, 0.6) is 0 Å². The van der Waals surface area contributed by atoms with Crippen LogP contribution < -0.4 is 5.49 Å². The van der Waals surface area contributed by atoms with Crippen molar-refractivity contribution in [3.63, 3.8) is 0 Å². The lowest BCUT2D eigenvalue weighted by molar-refractivity contribution is -0.140. The predicted octanol–water partition coefficient (Wildman–Crippen LogP) is 3.78. The zero-order chi connectivity index (χ0) is 23.7. The molecule has 0 bridgehead atoms. The number of rotatable bonds is 6. The average Bonchev–Trinajstić information content (AvgIpc) is 3.21. The molecular weight excluding hydrogens is 504 g/mol. The van der Waals surface area contributed by atoms with Gasteiger partial charge in [-0.1, -0.05) is 11.8 Å². The number of benzene rings is 1. The van der Waals surface area contributed by atoms with Crippen molar-refractivity contribution in [1.29, 1.82) is 5.41 Å². The summed E-state index contributed by atoms with van der Waals surface area (Å²) in [5.41, 5.74) is 4.00. The van der Waals surface area contributed by atoms with Crippen LogP contribution in [-0.4, -0.2) is 54.6 Å². The first-order chi connectivity index (χ1) is 15.7. The molecule has 0 aliphatic carbocycles. The van der Waals surface area contributed by atoms with Crippen molar-refractivity contribution < 1.29 is 9.90 Å². The van der Waals surface area contributed by atoms with E-state index in [9.17, 15) is 9.90 Å². The Morgan fingerprint density at radius 3 is 2.73 bits per heavy atom. The maximum Gasteiger partial charge on any atom is 0.251 e. The minimum Gasteiger partial charge on any atom is -0.384 e. The van der Waals surface area contributed by atoms with Crippen LogP contribution in [0.15, 0.2) is 33.0 Å². The highest BCUT2D eigenvalue weighted by molar-refractivity contribution is 9.10. The van der Waals surface area contributed by atoms with Gasteiger partial charge in [0.15, 0.2) is 16.3 Å². The Balaban J connectivity index is 1.47. The Bertz CT molecular complexity index is 1230. The van der Waals surface area contributed by atoms with Gasteiger partial charge in [-0.25, -0.2) is 9.97 Å². The van der Waals surface area contributed by atoms with Crippen molar-refractivity contribution in [3.05, 3.63) is 39.5 Å². The molecule has 1 amide bonds. The number of aryl methyl sites for hydroxylation is 3. The molecule has 3 N–H and O–H groups in total. The van der Waals surface area contributed by atoms with E-state index < -0.39 is 6.10 Å².